The number of hydrogen-bond donors (Lipinski definition) is 2. The molecule has 0 bridgehead atoms. The van der Waals surface area contributed by atoms with Crippen LogP contribution < -0.4 is 10.9 Å². The molecule has 26 heavy (non-hydrogen) atoms. The predicted molar refractivity (Wildman–Crippen MR) is 97.2 cm³/mol. The van der Waals surface area contributed by atoms with Crippen LogP contribution in [0.2, 0.25) is 0 Å². The van der Waals surface area contributed by atoms with Crippen molar-refractivity contribution >= 4 is 23.6 Å². The molecule has 2 heterocycles. The molecule has 3 rings (SSSR count). The number of aryl methyl sites for hydroxylation is 1. The zero-order chi connectivity index (χ0) is 18.4. The number of furan rings is 1. The summed E-state index contributed by atoms with van der Waals surface area (Å²) < 4.78 is 4.94. The van der Waals surface area contributed by atoms with Crippen LogP contribution in [0.15, 0.2) is 64.4 Å². The number of nitrogens with zero attached hydrogens (tertiary/aromatic N) is 2. The minimum atomic E-state index is -0.522. The summed E-state index contributed by atoms with van der Waals surface area (Å²) in [5.41, 5.74) is 7.20. The Bertz CT molecular complexity index is 898. The van der Waals surface area contributed by atoms with Crippen LogP contribution >= 0.6 is 11.8 Å². The van der Waals surface area contributed by atoms with E-state index in [0.717, 1.165) is 17.0 Å². The Morgan fingerprint density at radius 2 is 1.88 bits per heavy atom. The van der Waals surface area contributed by atoms with Crippen LogP contribution in [0.4, 0.5) is 0 Å². The van der Waals surface area contributed by atoms with Crippen molar-refractivity contribution in [1.82, 2.24) is 20.8 Å². The molecule has 2 N–H and O–H groups in total. The molecule has 0 fully saturated rings. The smallest absolute Gasteiger partial charge is 0.305 e. The van der Waals surface area contributed by atoms with E-state index in [9.17, 15) is 9.59 Å². The van der Waals surface area contributed by atoms with Gasteiger partial charge in [0.25, 0.3) is 0 Å². The lowest BCUT2D eigenvalue weighted by atomic mass is 10.1. The van der Waals surface area contributed by atoms with Gasteiger partial charge >= 0.3 is 5.91 Å². The Kier molecular flexibility index (Phi) is 5.65. The lowest BCUT2D eigenvalue weighted by Crippen LogP contribution is -2.42. The highest BCUT2D eigenvalue weighted by Crippen LogP contribution is 2.21. The molecule has 0 atom stereocenters. The van der Waals surface area contributed by atoms with Crippen molar-refractivity contribution in [2.24, 2.45) is 0 Å². The zero-order valence-corrected chi connectivity index (χ0v) is 14.7. The Labute approximate surface area is 154 Å². The van der Waals surface area contributed by atoms with Crippen molar-refractivity contribution in [3.8, 4) is 11.3 Å². The van der Waals surface area contributed by atoms with Gasteiger partial charge in [-0.1, -0.05) is 42.1 Å². The molecule has 0 spiro atoms. The first-order valence-corrected chi connectivity index (χ1v) is 8.77. The second kappa shape index (κ2) is 8.30. The van der Waals surface area contributed by atoms with Gasteiger partial charge in [-0.2, -0.15) is 0 Å². The topological polar surface area (TPSA) is 97.1 Å². The van der Waals surface area contributed by atoms with Crippen molar-refractivity contribution in [3.05, 3.63) is 66.2 Å². The molecule has 0 aliphatic carbocycles. The summed E-state index contributed by atoms with van der Waals surface area (Å²) in [7, 11) is 0. The Morgan fingerprint density at radius 3 is 2.62 bits per heavy atom. The maximum atomic E-state index is 11.9. The Balaban J connectivity index is 1.56. The lowest BCUT2D eigenvalue weighted by Gasteiger charge is -2.07. The number of nitrogens with one attached hydrogen (secondary N) is 2. The number of carbonyl (C=O) groups is 2. The zero-order valence-electron chi connectivity index (χ0n) is 13.9. The molecule has 3 aromatic rings. The van der Waals surface area contributed by atoms with Gasteiger partial charge in [0, 0.05) is 11.3 Å². The third-order valence-corrected chi connectivity index (χ3v) is 4.14. The number of hydrazine groups is 1. The number of rotatable bonds is 5. The van der Waals surface area contributed by atoms with E-state index in [0.29, 0.717) is 5.16 Å². The molecule has 7 nitrogen and oxygen atoms in total. The third kappa shape index (κ3) is 4.70. The Hall–Kier alpha value is -3.13. The monoisotopic (exact) mass is 368 g/mol. The largest absolute Gasteiger partial charge is 0.459 e. The quantitative estimate of drug-likeness (QED) is 0.408. The van der Waals surface area contributed by atoms with Crippen molar-refractivity contribution in [2.75, 3.05) is 5.75 Å². The number of amides is 2. The van der Waals surface area contributed by atoms with E-state index >= 15 is 0 Å². The maximum absolute atomic E-state index is 11.9. The standard InChI is InChI=1S/C18H16N4O3S/c1-12-10-14(13-6-3-2-4-7-13)20-18(19-12)26-11-16(23)21-22-17(24)15-8-5-9-25-15/h2-10H,11H2,1H3,(H,21,23)(H,22,24). The van der Waals surface area contributed by atoms with Gasteiger partial charge in [-0.25, -0.2) is 9.97 Å². The molecule has 2 amide bonds. The van der Waals surface area contributed by atoms with Gasteiger partial charge in [0.1, 0.15) is 0 Å². The summed E-state index contributed by atoms with van der Waals surface area (Å²) in [4.78, 5) is 32.4. The summed E-state index contributed by atoms with van der Waals surface area (Å²) >= 11 is 1.19. The summed E-state index contributed by atoms with van der Waals surface area (Å²) in [5.74, 6) is -0.712. The summed E-state index contributed by atoms with van der Waals surface area (Å²) in [6.45, 7) is 1.88. The van der Waals surface area contributed by atoms with Gasteiger partial charge in [0.2, 0.25) is 5.91 Å². The van der Waals surface area contributed by atoms with E-state index in [1.54, 1.807) is 6.07 Å². The number of aromatic nitrogens is 2. The van der Waals surface area contributed by atoms with Gasteiger partial charge in [-0.15, -0.1) is 0 Å². The van der Waals surface area contributed by atoms with E-state index < -0.39 is 5.91 Å². The van der Waals surface area contributed by atoms with E-state index in [1.165, 1.54) is 24.1 Å². The maximum Gasteiger partial charge on any atom is 0.305 e. The van der Waals surface area contributed by atoms with Crippen LogP contribution in [0.1, 0.15) is 16.2 Å². The van der Waals surface area contributed by atoms with Crippen LogP contribution in [0.25, 0.3) is 11.3 Å². The van der Waals surface area contributed by atoms with Crippen LogP contribution in [0, 0.1) is 6.92 Å². The minimum Gasteiger partial charge on any atom is -0.459 e. The third-order valence-electron chi connectivity index (χ3n) is 3.30. The normalized spacial score (nSPS) is 10.3. The number of thioether (sulfide) groups is 1. The van der Waals surface area contributed by atoms with Crippen molar-refractivity contribution in [2.45, 2.75) is 12.1 Å². The van der Waals surface area contributed by atoms with Crippen LogP contribution in [0.3, 0.4) is 0 Å². The summed E-state index contributed by atoms with van der Waals surface area (Å²) in [6, 6.07) is 14.7. The molecule has 8 heteroatoms. The van der Waals surface area contributed by atoms with Crippen LogP contribution in [-0.4, -0.2) is 27.5 Å². The number of carbonyl (C=O) groups excluding carboxylic acids is 2. The SMILES string of the molecule is Cc1cc(-c2ccccc2)nc(SCC(=O)NNC(=O)c2ccco2)n1. The van der Waals surface area contributed by atoms with Crippen molar-refractivity contribution in [1.29, 1.82) is 0 Å². The fourth-order valence-corrected chi connectivity index (χ4v) is 2.83. The molecule has 0 saturated carbocycles. The molecular formula is C18H16N4O3S. The van der Waals surface area contributed by atoms with Gasteiger partial charge in [0.05, 0.1) is 17.7 Å². The lowest BCUT2D eigenvalue weighted by molar-refractivity contribution is -0.119. The van der Waals surface area contributed by atoms with E-state index in [4.69, 9.17) is 4.42 Å². The first-order chi connectivity index (χ1) is 12.6. The Morgan fingerprint density at radius 1 is 1.08 bits per heavy atom. The molecule has 132 valence electrons. The molecule has 2 aromatic heterocycles. The molecule has 0 aliphatic rings. The average Bonchev–Trinajstić information content (AvgIpc) is 3.19. The second-order valence-electron chi connectivity index (χ2n) is 5.31. The fourth-order valence-electron chi connectivity index (χ4n) is 2.12. The molecular weight excluding hydrogens is 352 g/mol. The van der Waals surface area contributed by atoms with Crippen LogP contribution in [-0.2, 0) is 4.79 Å². The van der Waals surface area contributed by atoms with Gasteiger partial charge in [-0.3, -0.25) is 20.4 Å². The number of benzene rings is 1. The highest BCUT2D eigenvalue weighted by Gasteiger charge is 2.11. The van der Waals surface area contributed by atoms with Gasteiger partial charge < -0.3 is 4.42 Å². The highest BCUT2D eigenvalue weighted by molar-refractivity contribution is 7.99. The molecule has 0 aliphatic heterocycles. The fraction of sp³-hybridized carbons (Fsp3) is 0.111. The second-order valence-corrected chi connectivity index (χ2v) is 6.25. The van der Waals surface area contributed by atoms with Crippen LogP contribution in [0.5, 0.6) is 0 Å². The first-order valence-electron chi connectivity index (χ1n) is 7.78. The van der Waals surface area contributed by atoms with E-state index in [1.807, 2.05) is 43.3 Å². The highest BCUT2D eigenvalue weighted by atomic mass is 32.2. The van der Waals surface area contributed by atoms with Gasteiger partial charge in [-0.05, 0) is 25.1 Å². The van der Waals surface area contributed by atoms with E-state index in [-0.39, 0.29) is 17.4 Å². The van der Waals surface area contributed by atoms with E-state index in [2.05, 4.69) is 20.8 Å². The summed E-state index contributed by atoms with van der Waals surface area (Å²) in [6.07, 6.45) is 1.38. The first kappa shape index (κ1) is 17.7. The summed E-state index contributed by atoms with van der Waals surface area (Å²) in [5, 5.41) is 0.497. The van der Waals surface area contributed by atoms with Crippen molar-refractivity contribution < 1.29 is 14.0 Å². The van der Waals surface area contributed by atoms with Gasteiger partial charge in [0.15, 0.2) is 10.9 Å². The number of hydrogen-bond acceptors (Lipinski definition) is 6. The predicted octanol–water partition coefficient (Wildman–Crippen LogP) is 2.60. The van der Waals surface area contributed by atoms with Crippen molar-refractivity contribution in [3.63, 3.8) is 0 Å². The molecule has 0 saturated heterocycles. The average molecular weight is 368 g/mol. The molecule has 0 radical (unpaired) electrons. The molecule has 1 aromatic carbocycles. The molecule has 0 unspecified atom stereocenters. The minimum absolute atomic E-state index is 0.0656.